The second-order valence-electron chi connectivity index (χ2n) is 2.88. The van der Waals surface area contributed by atoms with E-state index in [2.05, 4.69) is 4.98 Å². The van der Waals surface area contributed by atoms with Gasteiger partial charge < -0.3 is 10.6 Å². The Labute approximate surface area is 81.5 Å². The van der Waals surface area contributed by atoms with Crippen LogP contribution in [0, 0.1) is 0 Å². The topological polar surface area (TPSA) is 76.3 Å². The molecular formula is C9H11N3O2. The standard InChI is InChI=1S/C9H11N3O2/c1-12(9(14)8(10)13)6-7-2-4-11-5-3-7/h2-5H,6H2,1H3,(H2,10,13). The zero-order valence-electron chi connectivity index (χ0n) is 7.80. The molecule has 0 atom stereocenters. The molecule has 0 aromatic carbocycles. The van der Waals surface area contributed by atoms with Crippen LogP contribution in [0.4, 0.5) is 0 Å². The predicted molar refractivity (Wildman–Crippen MR) is 49.9 cm³/mol. The third kappa shape index (κ3) is 2.55. The van der Waals surface area contributed by atoms with Crippen molar-refractivity contribution in [3.63, 3.8) is 0 Å². The number of primary amides is 1. The van der Waals surface area contributed by atoms with E-state index in [1.807, 2.05) is 0 Å². The van der Waals surface area contributed by atoms with Crippen molar-refractivity contribution in [2.75, 3.05) is 7.05 Å². The summed E-state index contributed by atoms with van der Waals surface area (Å²) in [5, 5.41) is 0. The lowest BCUT2D eigenvalue weighted by molar-refractivity contribution is -0.143. The fourth-order valence-corrected chi connectivity index (χ4v) is 1.02. The van der Waals surface area contributed by atoms with Crippen molar-refractivity contribution in [2.45, 2.75) is 6.54 Å². The Morgan fingerprint density at radius 1 is 1.43 bits per heavy atom. The molecule has 1 aromatic rings. The van der Waals surface area contributed by atoms with Gasteiger partial charge in [0.05, 0.1) is 0 Å². The number of nitrogens with two attached hydrogens (primary N) is 1. The summed E-state index contributed by atoms with van der Waals surface area (Å²) in [7, 11) is 1.52. The van der Waals surface area contributed by atoms with Crippen molar-refractivity contribution in [3.8, 4) is 0 Å². The molecule has 0 aliphatic heterocycles. The van der Waals surface area contributed by atoms with Gasteiger partial charge in [-0.3, -0.25) is 14.6 Å². The molecule has 5 heteroatoms. The molecule has 0 spiro atoms. The van der Waals surface area contributed by atoms with Gasteiger partial charge in [0, 0.05) is 26.0 Å². The second-order valence-corrected chi connectivity index (χ2v) is 2.88. The lowest BCUT2D eigenvalue weighted by atomic mass is 10.2. The summed E-state index contributed by atoms with van der Waals surface area (Å²) in [4.78, 5) is 26.7. The molecule has 5 nitrogen and oxygen atoms in total. The number of hydrogen-bond acceptors (Lipinski definition) is 3. The van der Waals surface area contributed by atoms with E-state index in [0.29, 0.717) is 6.54 Å². The Morgan fingerprint density at radius 2 is 2.00 bits per heavy atom. The van der Waals surface area contributed by atoms with E-state index in [1.54, 1.807) is 24.5 Å². The Kier molecular flexibility index (Phi) is 3.17. The van der Waals surface area contributed by atoms with Gasteiger partial charge in [-0.05, 0) is 17.7 Å². The van der Waals surface area contributed by atoms with Gasteiger partial charge >= 0.3 is 11.8 Å². The zero-order valence-corrected chi connectivity index (χ0v) is 7.80. The first kappa shape index (κ1) is 10.2. The summed E-state index contributed by atoms with van der Waals surface area (Å²) in [5.74, 6) is -1.64. The van der Waals surface area contributed by atoms with Gasteiger partial charge in [-0.2, -0.15) is 0 Å². The molecule has 14 heavy (non-hydrogen) atoms. The minimum atomic E-state index is -0.943. The largest absolute Gasteiger partial charge is 0.361 e. The molecule has 0 saturated heterocycles. The van der Waals surface area contributed by atoms with Gasteiger partial charge in [-0.1, -0.05) is 0 Å². The summed E-state index contributed by atoms with van der Waals surface area (Å²) in [6, 6.07) is 3.54. The summed E-state index contributed by atoms with van der Waals surface area (Å²) in [6.07, 6.45) is 3.25. The van der Waals surface area contributed by atoms with E-state index < -0.39 is 11.8 Å². The Morgan fingerprint density at radius 3 is 2.50 bits per heavy atom. The maximum atomic E-state index is 11.1. The van der Waals surface area contributed by atoms with E-state index in [-0.39, 0.29) is 0 Å². The number of carbonyl (C=O) groups is 2. The number of likely N-dealkylation sites (N-methyl/N-ethyl adjacent to an activating group) is 1. The van der Waals surface area contributed by atoms with Crippen LogP contribution in [-0.2, 0) is 16.1 Å². The van der Waals surface area contributed by atoms with Crippen LogP contribution in [0.2, 0.25) is 0 Å². The van der Waals surface area contributed by atoms with Gasteiger partial charge in [-0.15, -0.1) is 0 Å². The molecule has 0 bridgehead atoms. The molecule has 0 radical (unpaired) electrons. The van der Waals surface area contributed by atoms with Crippen molar-refractivity contribution >= 4 is 11.8 Å². The van der Waals surface area contributed by atoms with Crippen molar-refractivity contribution in [2.24, 2.45) is 5.73 Å². The number of carbonyl (C=O) groups excluding carboxylic acids is 2. The van der Waals surface area contributed by atoms with Crippen LogP contribution in [0.5, 0.6) is 0 Å². The van der Waals surface area contributed by atoms with E-state index in [9.17, 15) is 9.59 Å². The van der Waals surface area contributed by atoms with Crippen LogP contribution in [0.25, 0.3) is 0 Å². The quantitative estimate of drug-likeness (QED) is 0.645. The van der Waals surface area contributed by atoms with Crippen LogP contribution < -0.4 is 5.73 Å². The first-order valence-corrected chi connectivity index (χ1v) is 4.05. The van der Waals surface area contributed by atoms with E-state index in [4.69, 9.17) is 5.73 Å². The number of rotatable bonds is 2. The summed E-state index contributed by atoms with van der Waals surface area (Å²) < 4.78 is 0. The fourth-order valence-electron chi connectivity index (χ4n) is 1.02. The maximum absolute atomic E-state index is 11.1. The first-order chi connectivity index (χ1) is 6.61. The molecule has 1 rings (SSSR count). The lowest BCUT2D eigenvalue weighted by Crippen LogP contribution is -2.37. The van der Waals surface area contributed by atoms with E-state index in [0.717, 1.165) is 5.56 Å². The highest BCUT2D eigenvalue weighted by Gasteiger charge is 2.14. The first-order valence-electron chi connectivity index (χ1n) is 4.05. The summed E-state index contributed by atoms with van der Waals surface area (Å²) >= 11 is 0. The van der Waals surface area contributed by atoms with Gasteiger partial charge in [-0.25, -0.2) is 0 Å². The molecule has 2 amide bonds. The second kappa shape index (κ2) is 4.36. The van der Waals surface area contributed by atoms with E-state index >= 15 is 0 Å². The molecule has 0 unspecified atom stereocenters. The average Bonchev–Trinajstić information content (AvgIpc) is 2.18. The van der Waals surface area contributed by atoms with Crippen LogP contribution in [0.3, 0.4) is 0 Å². The molecule has 1 aromatic heterocycles. The Bertz CT molecular complexity index is 337. The van der Waals surface area contributed by atoms with E-state index in [1.165, 1.54) is 11.9 Å². The summed E-state index contributed by atoms with van der Waals surface area (Å²) in [6.45, 7) is 0.351. The fraction of sp³-hybridized carbons (Fsp3) is 0.222. The van der Waals surface area contributed by atoms with Crippen molar-refractivity contribution in [3.05, 3.63) is 30.1 Å². The smallest absolute Gasteiger partial charge is 0.311 e. The highest BCUT2D eigenvalue weighted by Crippen LogP contribution is 2.00. The van der Waals surface area contributed by atoms with Gasteiger partial charge in [0.1, 0.15) is 0 Å². The van der Waals surface area contributed by atoms with Crippen LogP contribution in [0.15, 0.2) is 24.5 Å². The lowest BCUT2D eigenvalue weighted by Gasteiger charge is -2.14. The summed E-state index contributed by atoms with van der Waals surface area (Å²) in [5.41, 5.74) is 5.75. The molecule has 0 fully saturated rings. The maximum Gasteiger partial charge on any atom is 0.311 e. The van der Waals surface area contributed by atoms with Crippen LogP contribution in [0.1, 0.15) is 5.56 Å². The predicted octanol–water partition coefficient (Wildman–Crippen LogP) is -0.475. The Balaban J connectivity index is 2.62. The number of nitrogens with zero attached hydrogens (tertiary/aromatic N) is 2. The molecule has 74 valence electrons. The zero-order chi connectivity index (χ0) is 10.6. The number of hydrogen-bond donors (Lipinski definition) is 1. The minimum Gasteiger partial charge on any atom is -0.361 e. The third-order valence-electron chi connectivity index (χ3n) is 1.73. The average molecular weight is 193 g/mol. The van der Waals surface area contributed by atoms with Crippen molar-refractivity contribution in [1.82, 2.24) is 9.88 Å². The number of pyridine rings is 1. The normalized spacial score (nSPS) is 9.50. The van der Waals surface area contributed by atoms with Crippen LogP contribution in [-0.4, -0.2) is 28.7 Å². The van der Waals surface area contributed by atoms with Gasteiger partial charge in [0.25, 0.3) is 0 Å². The molecule has 1 heterocycles. The van der Waals surface area contributed by atoms with Crippen molar-refractivity contribution < 1.29 is 9.59 Å². The molecule has 2 N–H and O–H groups in total. The highest BCUT2D eigenvalue weighted by atomic mass is 16.2. The molecular weight excluding hydrogens is 182 g/mol. The third-order valence-corrected chi connectivity index (χ3v) is 1.73. The SMILES string of the molecule is CN(Cc1ccncc1)C(=O)C(N)=O. The van der Waals surface area contributed by atoms with Crippen LogP contribution >= 0.6 is 0 Å². The Hall–Kier alpha value is -1.91. The molecule has 0 saturated carbocycles. The molecule has 0 aliphatic rings. The number of amides is 2. The van der Waals surface area contributed by atoms with Gasteiger partial charge in [0.2, 0.25) is 0 Å². The van der Waals surface area contributed by atoms with Crippen molar-refractivity contribution in [1.29, 1.82) is 0 Å². The number of aromatic nitrogens is 1. The minimum absolute atomic E-state index is 0.351. The molecule has 0 aliphatic carbocycles. The monoisotopic (exact) mass is 193 g/mol. The highest BCUT2D eigenvalue weighted by molar-refractivity contribution is 6.34. The van der Waals surface area contributed by atoms with Gasteiger partial charge in [0.15, 0.2) is 0 Å².